The van der Waals surface area contributed by atoms with Gasteiger partial charge in [0, 0.05) is 29.2 Å². The van der Waals surface area contributed by atoms with Crippen LogP contribution < -0.4 is 10.9 Å². The van der Waals surface area contributed by atoms with E-state index in [0.717, 1.165) is 10.3 Å². The lowest BCUT2D eigenvalue weighted by atomic mass is 10.2. The van der Waals surface area contributed by atoms with Crippen LogP contribution >= 0.6 is 11.8 Å². The molecular formula is C17H16N4O2S. The smallest absolute Gasteiger partial charge is 0.274 e. The lowest BCUT2D eigenvalue weighted by Crippen LogP contribution is -2.32. The first-order valence-electron chi connectivity index (χ1n) is 7.48. The zero-order valence-corrected chi connectivity index (χ0v) is 13.7. The van der Waals surface area contributed by atoms with Crippen molar-refractivity contribution >= 4 is 28.4 Å². The number of fused-ring (bicyclic) bond motifs is 1. The Bertz CT molecular complexity index is 896. The molecule has 1 N–H and O–H groups in total. The second kappa shape index (κ2) is 7.74. The molecule has 7 heteroatoms. The number of nitrogens with one attached hydrogen (secondary N) is 1. The second-order valence-corrected chi connectivity index (χ2v) is 6.13. The largest absolute Gasteiger partial charge is 0.354 e. The molecule has 0 radical (unpaired) electrons. The monoisotopic (exact) mass is 340 g/mol. The van der Waals surface area contributed by atoms with E-state index in [0.29, 0.717) is 24.2 Å². The van der Waals surface area contributed by atoms with Gasteiger partial charge in [-0.2, -0.15) is 5.10 Å². The Morgan fingerprint density at radius 1 is 1.17 bits per heavy atom. The molecule has 1 aromatic carbocycles. The number of hydrogen-bond donors (Lipinski definition) is 1. The number of rotatable bonds is 6. The standard InChI is InChI=1S/C17H16N4O2S/c22-16(12-24-14-5-7-18-8-6-14)19-9-10-21-17(23)15-4-2-1-3-13(15)11-20-21/h1-8,11H,9-10,12H2,(H,19,22). The van der Waals surface area contributed by atoms with Crippen LogP contribution in [0.15, 0.2) is 64.7 Å². The van der Waals surface area contributed by atoms with Gasteiger partial charge in [-0.1, -0.05) is 18.2 Å². The quantitative estimate of drug-likeness (QED) is 0.691. The van der Waals surface area contributed by atoms with Crippen molar-refractivity contribution in [2.45, 2.75) is 11.4 Å². The van der Waals surface area contributed by atoms with Crippen LogP contribution in [0.2, 0.25) is 0 Å². The van der Waals surface area contributed by atoms with Gasteiger partial charge in [0.15, 0.2) is 0 Å². The van der Waals surface area contributed by atoms with Crippen molar-refractivity contribution in [1.29, 1.82) is 0 Å². The molecule has 0 aliphatic carbocycles. The fourth-order valence-electron chi connectivity index (χ4n) is 2.22. The van der Waals surface area contributed by atoms with Crippen molar-refractivity contribution in [2.24, 2.45) is 0 Å². The minimum Gasteiger partial charge on any atom is -0.354 e. The number of pyridine rings is 1. The first-order valence-corrected chi connectivity index (χ1v) is 8.47. The van der Waals surface area contributed by atoms with E-state index in [1.807, 2.05) is 30.3 Å². The molecule has 0 unspecified atom stereocenters. The summed E-state index contributed by atoms with van der Waals surface area (Å²) < 4.78 is 1.37. The molecule has 1 amide bonds. The van der Waals surface area contributed by atoms with E-state index in [9.17, 15) is 9.59 Å². The van der Waals surface area contributed by atoms with Crippen LogP contribution in [-0.4, -0.2) is 33.0 Å². The molecule has 0 aliphatic heterocycles. The van der Waals surface area contributed by atoms with Gasteiger partial charge >= 0.3 is 0 Å². The summed E-state index contributed by atoms with van der Waals surface area (Å²) in [5.41, 5.74) is -0.145. The molecule has 0 spiro atoms. The van der Waals surface area contributed by atoms with Crippen LogP contribution in [0.25, 0.3) is 10.8 Å². The lowest BCUT2D eigenvalue weighted by molar-refractivity contribution is -0.118. The van der Waals surface area contributed by atoms with Crippen LogP contribution in [0.5, 0.6) is 0 Å². The Balaban J connectivity index is 1.52. The summed E-state index contributed by atoms with van der Waals surface area (Å²) in [4.78, 5) is 29.1. The van der Waals surface area contributed by atoms with E-state index in [1.165, 1.54) is 16.4 Å². The van der Waals surface area contributed by atoms with E-state index in [2.05, 4.69) is 15.4 Å². The maximum atomic E-state index is 12.3. The number of benzene rings is 1. The van der Waals surface area contributed by atoms with Gasteiger partial charge in [-0.25, -0.2) is 4.68 Å². The van der Waals surface area contributed by atoms with Gasteiger partial charge in [0.25, 0.3) is 5.56 Å². The van der Waals surface area contributed by atoms with Gasteiger partial charge in [-0.15, -0.1) is 11.8 Å². The third-order valence-corrected chi connectivity index (χ3v) is 4.44. The van der Waals surface area contributed by atoms with E-state index >= 15 is 0 Å². The zero-order chi connectivity index (χ0) is 16.8. The molecule has 3 rings (SSSR count). The topological polar surface area (TPSA) is 76.9 Å². The Morgan fingerprint density at radius 2 is 1.96 bits per heavy atom. The maximum absolute atomic E-state index is 12.3. The van der Waals surface area contributed by atoms with Crippen LogP contribution in [-0.2, 0) is 11.3 Å². The number of nitrogens with zero attached hydrogens (tertiary/aromatic N) is 3. The summed E-state index contributed by atoms with van der Waals surface area (Å²) in [6.45, 7) is 0.705. The van der Waals surface area contributed by atoms with Gasteiger partial charge in [0.05, 0.1) is 23.9 Å². The molecule has 0 bridgehead atoms. The fraction of sp³-hybridized carbons (Fsp3) is 0.176. The molecule has 24 heavy (non-hydrogen) atoms. The lowest BCUT2D eigenvalue weighted by Gasteiger charge is -2.07. The second-order valence-electron chi connectivity index (χ2n) is 5.08. The van der Waals surface area contributed by atoms with Crippen molar-refractivity contribution < 1.29 is 4.79 Å². The molecule has 0 saturated carbocycles. The van der Waals surface area contributed by atoms with Gasteiger partial charge in [0.1, 0.15) is 0 Å². The predicted molar refractivity (Wildman–Crippen MR) is 94.0 cm³/mol. The molecule has 0 fully saturated rings. The summed E-state index contributed by atoms with van der Waals surface area (Å²) in [7, 11) is 0. The third kappa shape index (κ3) is 3.99. The van der Waals surface area contributed by atoms with E-state index < -0.39 is 0 Å². The number of amides is 1. The van der Waals surface area contributed by atoms with E-state index in [1.54, 1.807) is 24.7 Å². The first-order chi connectivity index (χ1) is 11.7. The average molecular weight is 340 g/mol. The molecule has 3 aromatic rings. The number of hydrogen-bond acceptors (Lipinski definition) is 5. The summed E-state index contributed by atoms with van der Waals surface area (Å²) >= 11 is 1.44. The van der Waals surface area contributed by atoms with E-state index in [4.69, 9.17) is 0 Å². The number of thioether (sulfide) groups is 1. The van der Waals surface area contributed by atoms with E-state index in [-0.39, 0.29) is 11.5 Å². The van der Waals surface area contributed by atoms with Gasteiger partial charge < -0.3 is 5.32 Å². The number of carbonyl (C=O) groups excluding carboxylic acids is 1. The zero-order valence-electron chi connectivity index (χ0n) is 12.9. The first kappa shape index (κ1) is 16.2. The third-order valence-electron chi connectivity index (χ3n) is 3.43. The van der Waals surface area contributed by atoms with Gasteiger partial charge in [-0.05, 0) is 18.2 Å². The highest BCUT2D eigenvalue weighted by atomic mass is 32.2. The normalized spacial score (nSPS) is 10.7. The van der Waals surface area contributed by atoms with Gasteiger partial charge in [0.2, 0.25) is 5.91 Å². The highest BCUT2D eigenvalue weighted by molar-refractivity contribution is 8.00. The summed E-state index contributed by atoms with van der Waals surface area (Å²) in [5.74, 6) is 0.245. The van der Waals surface area contributed by atoms with Crippen LogP contribution in [0.1, 0.15) is 0 Å². The fourth-order valence-corrected chi connectivity index (χ4v) is 2.94. The summed E-state index contributed by atoms with van der Waals surface area (Å²) in [5, 5.41) is 8.39. The molecule has 0 aliphatic rings. The van der Waals surface area contributed by atoms with Crippen LogP contribution in [0, 0.1) is 0 Å². The maximum Gasteiger partial charge on any atom is 0.274 e. The van der Waals surface area contributed by atoms with Crippen LogP contribution in [0.3, 0.4) is 0 Å². The minimum absolute atomic E-state index is 0.0781. The average Bonchev–Trinajstić information content (AvgIpc) is 2.63. The summed E-state index contributed by atoms with van der Waals surface area (Å²) in [6.07, 6.45) is 5.05. The highest BCUT2D eigenvalue weighted by Crippen LogP contribution is 2.15. The minimum atomic E-state index is -0.145. The number of carbonyl (C=O) groups is 1. The molecule has 122 valence electrons. The highest BCUT2D eigenvalue weighted by Gasteiger charge is 2.05. The van der Waals surface area contributed by atoms with Gasteiger partial charge in [-0.3, -0.25) is 14.6 Å². The Kier molecular flexibility index (Phi) is 5.22. The Morgan fingerprint density at radius 3 is 2.79 bits per heavy atom. The summed E-state index contributed by atoms with van der Waals surface area (Å²) in [6, 6.07) is 11.0. The molecular weight excluding hydrogens is 324 g/mol. The Labute approximate surface area is 142 Å². The van der Waals surface area contributed by atoms with Crippen molar-refractivity contribution in [3.8, 4) is 0 Å². The number of aromatic nitrogens is 3. The van der Waals surface area contributed by atoms with Crippen LogP contribution in [0.4, 0.5) is 0 Å². The van der Waals surface area contributed by atoms with Crippen molar-refractivity contribution in [3.63, 3.8) is 0 Å². The molecule has 0 saturated heterocycles. The SMILES string of the molecule is O=C(CSc1ccncc1)NCCn1ncc2ccccc2c1=O. The predicted octanol–water partition coefficient (Wildman–Crippen LogP) is 1.70. The van der Waals surface area contributed by atoms with Crippen molar-refractivity contribution in [1.82, 2.24) is 20.1 Å². The van der Waals surface area contributed by atoms with Crippen molar-refractivity contribution in [2.75, 3.05) is 12.3 Å². The Hall–Kier alpha value is -2.67. The van der Waals surface area contributed by atoms with Crippen molar-refractivity contribution in [3.05, 3.63) is 65.3 Å². The molecule has 0 atom stereocenters. The molecule has 6 nitrogen and oxygen atoms in total. The molecule has 2 heterocycles. The molecule has 2 aromatic heterocycles.